The van der Waals surface area contributed by atoms with Gasteiger partial charge in [-0.05, 0) is 17.9 Å². The molecule has 16 heavy (non-hydrogen) atoms. The Morgan fingerprint density at radius 1 is 1.50 bits per heavy atom. The highest BCUT2D eigenvalue weighted by Gasteiger charge is 2.12. The highest BCUT2D eigenvalue weighted by molar-refractivity contribution is 7.80. The molecule has 1 aromatic heterocycles. The Kier molecular flexibility index (Phi) is 3.63. The van der Waals surface area contributed by atoms with Crippen LogP contribution in [-0.2, 0) is 4.79 Å². The van der Waals surface area contributed by atoms with E-state index in [9.17, 15) is 4.79 Å². The molecule has 7 heteroatoms. The molecule has 1 aromatic carbocycles. The van der Waals surface area contributed by atoms with Gasteiger partial charge in [-0.1, -0.05) is 11.6 Å². The van der Waals surface area contributed by atoms with Crippen LogP contribution < -0.4 is 5.32 Å². The molecule has 1 N–H and O–H groups in total. The van der Waals surface area contributed by atoms with Gasteiger partial charge in [0.25, 0.3) is 0 Å². The second kappa shape index (κ2) is 4.99. The number of carbonyl (C=O) groups excluding carboxylic acids is 1. The summed E-state index contributed by atoms with van der Waals surface area (Å²) in [6, 6.07) is 3.47. The maximum absolute atomic E-state index is 11.5. The lowest BCUT2D eigenvalue weighted by Crippen LogP contribution is -2.12. The van der Waals surface area contributed by atoms with Crippen molar-refractivity contribution in [2.24, 2.45) is 0 Å². The first-order valence-corrected chi connectivity index (χ1v) is 6.28. The number of nitrogens with zero attached hydrogens (tertiary/aromatic N) is 2. The third-order valence-electron chi connectivity index (χ3n) is 1.98. The van der Waals surface area contributed by atoms with Gasteiger partial charge in [0, 0.05) is 6.42 Å². The Morgan fingerprint density at radius 3 is 3.06 bits per heavy atom. The van der Waals surface area contributed by atoms with Crippen molar-refractivity contribution in [3.63, 3.8) is 0 Å². The van der Waals surface area contributed by atoms with Gasteiger partial charge in [-0.25, -0.2) is 0 Å². The zero-order valence-corrected chi connectivity index (χ0v) is 10.6. The predicted molar refractivity (Wildman–Crippen MR) is 69.5 cm³/mol. The number of carbonyl (C=O) groups is 1. The summed E-state index contributed by atoms with van der Waals surface area (Å²) in [4.78, 5) is 11.5. The first-order valence-electron chi connectivity index (χ1n) is 4.54. The van der Waals surface area contributed by atoms with E-state index in [0.717, 1.165) is 17.2 Å². The van der Waals surface area contributed by atoms with Crippen molar-refractivity contribution in [1.82, 2.24) is 8.75 Å². The Bertz CT molecular complexity index is 528. The van der Waals surface area contributed by atoms with E-state index < -0.39 is 0 Å². The largest absolute Gasteiger partial charge is 0.323 e. The number of hydrogen-bond donors (Lipinski definition) is 2. The van der Waals surface area contributed by atoms with E-state index in [1.807, 2.05) is 0 Å². The Balaban J connectivity index is 2.38. The highest BCUT2D eigenvalue weighted by atomic mass is 35.5. The third kappa shape index (κ3) is 2.28. The van der Waals surface area contributed by atoms with Crippen LogP contribution in [0.5, 0.6) is 0 Å². The molecule has 0 spiro atoms. The summed E-state index contributed by atoms with van der Waals surface area (Å²) in [7, 11) is 0. The van der Waals surface area contributed by atoms with Crippen molar-refractivity contribution >= 4 is 58.6 Å². The summed E-state index contributed by atoms with van der Waals surface area (Å²) in [6.45, 7) is 0. The van der Waals surface area contributed by atoms with Gasteiger partial charge < -0.3 is 5.32 Å². The van der Waals surface area contributed by atoms with E-state index in [4.69, 9.17) is 11.6 Å². The van der Waals surface area contributed by atoms with Crippen molar-refractivity contribution in [1.29, 1.82) is 0 Å². The summed E-state index contributed by atoms with van der Waals surface area (Å²) in [5.74, 6) is 0.367. The quantitative estimate of drug-likeness (QED) is 0.845. The number of hydrogen-bond acceptors (Lipinski definition) is 5. The summed E-state index contributed by atoms with van der Waals surface area (Å²) in [6.07, 6.45) is 0.341. The minimum atomic E-state index is -0.127. The molecule has 0 unspecified atom stereocenters. The number of fused-ring (bicyclic) bond motifs is 1. The number of thiol groups is 1. The monoisotopic (exact) mass is 273 g/mol. The van der Waals surface area contributed by atoms with Crippen molar-refractivity contribution in [3.8, 4) is 0 Å². The molecule has 0 saturated carbocycles. The van der Waals surface area contributed by atoms with Crippen LogP contribution in [0.15, 0.2) is 12.1 Å². The molecule has 4 nitrogen and oxygen atoms in total. The molecule has 0 atom stereocenters. The zero-order valence-electron chi connectivity index (χ0n) is 8.11. The molecule has 1 amide bonds. The number of halogens is 1. The zero-order chi connectivity index (χ0) is 11.5. The molecule has 0 aliphatic carbocycles. The predicted octanol–water partition coefficient (Wildman–Crippen LogP) is 2.60. The van der Waals surface area contributed by atoms with Crippen LogP contribution in [0.3, 0.4) is 0 Å². The Hall–Kier alpha value is -0.850. The SMILES string of the molecule is O=C(CCS)Nc1c(Cl)ccc2nsnc12. The molecule has 1 heterocycles. The lowest BCUT2D eigenvalue weighted by molar-refractivity contribution is -0.115. The molecule has 2 aromatic rings. The van der Waals surface area contributed by atoms with Crippen LogP contribution in [0.1, 0.15) is 6.42 Å². The molecule has 84 valence electrons. The van der Waals surface area contributed by atoms with Gasteiger partial charge >= 0.3 is 0 Å². The maximum Gasteiger partial charge on any atom is 0.225 e. The van der Waals surface area contributed by atoms with Gasteiger partial charge in [0.2, 0.25) is 5.91 Å². The van der Waals surface area contributed by atoms with E-state index in [2.05, 4.69) is 26.7 Å². The minimum absolute atomic E-state index is 0.127. The Morgan fingerprint density at radius 2 is 2.31 bits per heavy atom. The highest BCUT2D eigenvalue weighted by Crippen LogP contribution is 2.29. The number of anilines is 1. The average Bonchev–Trinajstić information content (AvgIpc) is 2.71. The fourth-order valence-corrected chi connectivity index (χ4v) is 2.19. The first-order chi connectivity index (χ1) is 7.72. The molecule has 0 radical (unpaired) electrons. The lowest BCUT2D eigenvalue weighted by Gasteiger charge is -2.06. The summed E-state index contributed by atoms with van der Waals surface area (Å²) >= 11 is 11.1. The molecule has 0 saturated heterocycles. The van der Waals surface area contributed by atoms with Crippen LogP contribution in [0.25, 0.3) is 11.0 Å². The van der Waals surface area contributed by atoms with E-state index in [-0.39, 0.29) is 5.91 Å². The number of benzene rings is 1. The third-order valence-corrected chi connectivity index (χ3v) is 3.06. The number of aromatic nitrogens is 2. The first kappa shape index (κ1) is 11.6. The van der Waals surface area contributed by atoms with Crippen LogP contribution in [0.4, 0.5) is 5.69 Å². The van der Waals surface area contributed by atoms with Crippen LogP contribution in [0.2, 0.25) is 5.02 Å². The molecule has 0 bridgehead atoms. The smallest absolute Gasteiger partial charge is 0.225 e. The summed E-state index contributed by atoms with van der Waals surface area (Å²) in [5, 5.41) is 3.19. The fourth-order valence-electron chi connectivity index (χ4n) is 1.25. The van der Waals surface area contributed by atoms with E-state index in [1.165, 1.54) is 0 Å². The molecule has 0 aliphatic rings. The van der Waals surface area contributed by atoms with Gasteiger partial charge in [0.05, 0.1) is 22.4 Å². The summed E-state index contributed by atoms with van der Waals surface area (Å²) < 4.78 is 8.18. The van der Waals surface area contributed by atoms with Crippen LogP contribution in [-0.4, -0.2) is 20.4 Å². The standard InChI is InChI=1S/C9H8ClN3OS2/c10-5-1-2-6-9(13-16-12-6)8(5)11-7(14)3-4-15/h1-2,15H,3-4H2,(H,11,14). The van der Waals surface area contributed by atoms with Gasteiger partial charge in [0.15, 0.2) is 0 Å². The van der Waals surface area contributed by atoms with Gasteiger partial charge in [0.1, 0.15) is 11.0 Å². The van der Waals surface area contributed by atoms with Gasteiger partial charge in [-0.3, -0.25) is 4.79 Å². The van der Waals surface area contributed by atoms with Crippen LogP contribution in [0, 0.1) is 0 Å². The molecular weight excluding hydrogens is 266 g/mol. The second-order valence-electron chi connectivity index (χ2n) is 3.08. The van der Waals surface area contributed by atoms with E-state index in [0.29, 0.717) is 28.4 Å². The lowest BCUT2D eigenvalue weighted by atomic mass is 10.2. The summed E-state index contributed by atoms with van der Waals surface area (Å²) in [5.41, 5.74) is 1.89. The van der Waals surface area contributed by atoms with Crippen molar-refractivity contribution < 1.29 is 4.79 Å². The number of nitrogens with one attached hydrogen (secondary N) is 1. The van der Waals surface area contributed by atoms with Gasteiger partial charge in [-0.2, -0.15) is 21.4 Å². The number of rotatable bonds is 3. The molecule has 2 rings (SSSR count). The fraction of sp³-hybridized carbons (Fsp3) is 0.222. The second-order valence-corrected chi connectivity index (χ2v) is 4.46. The molecule has 0 aliphatic heterocycles. The normalized spacial score (nSPS) is 10.6. The topological polar surface area (TPSA) is 54.9 Å². The maximum atomic E-state index is 11.5. The minimum Gasteiger partial charge on any atom is -0.323 e. The number of amides is 1. The average molecular weight is 274 g/mol. The van der Waals surface area contributed by atoms with E-state index in [1.54, 1.807) is 12.1 Å². The van der Waals surface area contributed by atoms with Crippen molar-refractivity contribution in [3.05, 3.63) is 17.2 Å². The molecule has 0 fully saturated rings. The van der Waals surface area contributed by atoms with Gasteiger partial charge in [-0.15, -0.1) is 0 Å². The molecular formula is C9H8ClN3OS2. The van der Waals surface area contributed by atoms with Crippen molar-refractivity contribution in [2.75, 3.05) is 11.1 Å². The van der Waals surface area contributed by atoms with Crippen LogP contribution >= 0.6 is 36.0 Å². The van der Waals surface area contributed by atoms with E-state index >= 15 is 0 Å². The Labute approximate surface area is 107 Å². The van der Waals surface area contributed by atoms with Crippen molar-refractivity contribution in [2.45, 2.75) is 6.42 Å².